The van der Waals surface area contributed by atoms with E-state index in [9.17, 15) is 10.00 Å². The van der Waals surface area contributed by atoms with Crippen molar-refractivity contribution >= 4 is 13.3 Å². The molecule has 180 valence electrons. The van der Waals surface area contributed by atoms with Crippen LogP contribution >= 0.6 is 7.77 Å². The Bertz CT molecular complexity index is 424. The molecule has 0 aliphatic heterocycles. The number of unbranched alkanes of at least 4 members (excludes halogenated alkanes) is 13. The third-order valence-corrected chi connectivity index (χ3v) is 6.82. The van der Waals surface area contributed by atoms with Crippen molar-refractivity contribution in [2.45, 2.75) is 103 Å². The Balaban J connectivity index is 3.79. The van der Waals surface area contributed by atoms with Crippen LogP contribution in [0.4, 0.5) is 0 Å². The number of ether oxygens (including phenoxy) is 1. The van der Waals surface area contributed by atoms with Gasteiger partial charge in [-0.15, -0.1) is 0 Å². The van der Waals surface area contributed by atoms with Gasteiger partial charge in [-0.05, 0) is 6.42 Å². The number of nitrogens with zero attached hydrogens (tertiary/aromatic N) is 1. The van der Waals surface area contributed by atoms with Crippen molar-refractivity contribution in [1.82, 2.24) is 0 Å². The number of quaternary nitrogens is 1. The number of aliphatic hydroxyl groups is 2. The molecule has 5 nitrogen and oxygen atoms in total. The standard InChI is InChI=1S/C24H51NO4P/c1-5-6-7-8-9-10-11-12-13-14-15-16-17-18-19-29-24(20-25(2,3)4)30(28)22-23(27)21-26/h23,26-27H,5-22H2,1-4H3/q+1. The highest BCUT2D eigenvalue weighted by atomic mass is 31.1. The van der Waals surface area contributed by atoms with Crippen molar-refractivity contribution < 1.29 is 24.3 Å². The maximum atomic E-state index is 12.5. The largest absolute Gasteiger partial charge is 0.628 e. The Morgan fingerprint density at radius 3 is 1.67 bits per heavy atom. The lowest BCUT2D eigenvalue weighted by Gasteiger charge is -2.24. The third-order valence-electron chi connectivity index (χ3n) is 5.24. The minimum atomic E-state index is -1.78. The number of hydrogen-bond acceptors (Lipinski definition) is 4. The molecular formula is C24H51NO4P+. The average Bonchev–Trinajstić information content (AvgIpc) is 2.68. The molecule has 0 aliphatic rings. The quantitative estimate of drug-likeness (QED) is 0.155. The van der Waals surface area contributed by atoms with Gasteiger partial charge in [-0.1, -0.05) is 90.4 Å². The highest BCUT2D eigenvalue weighted by molar-refractivity contribution is 7.51. The highest BCUT2D eigenvalue weighted by Gasteiger charge is 2.22. The lowest BCUT2D eigenvalue weighted by molar-refractivity contribution is -0.861. The fourth-order valence-corrected chi connectivity index (χ4v) is 4.96. The molecule has 2 unspecified atom stereocenters. The van der Waals surface area contributed by atoms with Crippen LogP contribution in [-0.2, 0) is 4.74 Å². The minimum absolute atomic E-state index is 0.0694. The molecule has 0 heterocycles. The Labute approximate surface area is 187 Å². The van der Waals surface area contributed by atoms with Crippen molar-refractivity contribution in [2.24, 2.45) is 0 Å². The van der Waals surface area contributed by atoms with E-state index < -0.39 is 13.9 Å². The lowest BCUT2D eigenvalue weighted by Crippen LogP contribution is -2.41. The number of aliphatic hydroxyl groups excluding tert-OH is 2. The fourth-order valence-electron chi connectivity index (χ4n) is 3.44. The second-order valence-corrected chi connectivity index (χ2v) is 11.3. The Hall–Kier alpha value is -0.0300. The van der Waals surface area contributed by atoms with Crippen molar-refractivity contribution in [3.05, 3.63) is 0 Å². The molecule has 2 atom stereocenters. The van der Waals surface area contributed by atoms with Crippen LogP contribution in [-0.4, -0.2) is 73.3 Å². The van der Waals surface area contributed by atoms with Gasteiger partial charge in [0.05, 0.1) is 42.1 Å². The second kappa shape index (κ2) is 19.6. The van der Waals surface area contributed by atoms with Crippen LogP contribution in [0.5, 0.6) is 0 Å². The summed E-state index contributed by atoms with van der Waals surface area (Å²) in [6, 6.07) is 0. The van der Waals surface area contributed by atoms with E-state index in [-0.39, 0.29) is 12.8 Å². The summed E-state index contributed by atoms with van der Waals surface area (Å²) in [5.74, 6) is 0. The van der Waals surface area contributed by atoms with Gasteiger partial charge < -0.3 is 24.3 Å². The van der Waals surface area contributed by atoms with E-state index in [1.165, 1.54) is 77.0 Å². The fraction of sp³-hybridized carbons (Fsp3) is 0.958. The van der Waals surface area contributed by atoms with Gasteiger partial charge in [-0.25, -0.2) is 0 Å². The number of hydrogen-bond donors (Lipinski definition) is 2. The van der Waals surface area contributed by atoms with Crippen molar-refractivity contribution in [3.63, 3.8) is 0 Å². The summed E-state index contributed by atoms with van der Waals surface area (Å²) in [5, 5.41) is 18.6. The first kappa shape index (κ1) is 30.0. The Morgan fingerprint density at radius 1 is 0.833 bits per heavy atom. The Morgan fingerprint density at radius 2 is 1.27 bits per heavy atom. The summed E-state index contributed by atoms with van der Waals surface area (Å²) in [7, 11) is 4.31. The summed E-state index contributed by atoms with van der Waals surface area (Å²) < 4.78 is 6.49. The third kappa shape index (κ3) is 19.9. The van der Waals surface area contributed by atoms with Crippen molar-refractivity contribution in [3.8, 4) is 0 Å². The van der Waals surface area contributed by atoms with Crippen LogP contribution < -0.4 is 4.89 Å². The molecular weight excluding hydrogens is 397 g/mol. The lowest BCUT2D eigenvalue weighted by atomic mass is 10.0. The second-order valence-electron chi connectivity index (χ2n) is 9.68. The summed E-state index contributed by atoms with van der Waals surface area (Å²) in [6.07, 6.45) is 17.6. The molecule has 6 heteroatoms. The van der Waals surface area contributed by atoms with Gasteiger partial charge in [-0.2, -0.15) is 0 Å². The first-order valence-corrected chi connectivity index (χ1v) is 13.8. The molecule has 0 radical (unpaired) electrons. The number of rotatable bonds is 21. The first-order valence-electron chi connectivity index (χ1n) is 12.3. The molecule has 0 aliphatic carbocycles. The zero-order chi connectivity index (χ0) is 22.7. The topological polar surface area (TPSA) is 72.8 Å². The average molecular weight is 449 g/mol. The molecule has 0 aromatic heterocycles. The predicted octanol–water partition coefficient (Wildman–Crippen LogP) is 4.43. The van der Waals surface area contributed by atoms with Crippen LogP contribution in [0.25, 0.3) is 0 Å². The normalized spacial score (nSPS) is 14.1. The van der Waals surface area contributed by atoms with Crippen LogP contribution in [0.2, 0.25) is 0 Å². The van der Waals surface area contributed by atoms with Gasteiger partial charge in [0.25, 0.3) is 5.48 Å². The van der Waals surface area contributed by atoms with Gasteiger partial charge in [-0.3, -0.25) is 0 Å². The monoisotopic (exact) mass is 448 g/mol. The number of likely N-dealkylation sites (N-methyl/N-ethyl adjacent to an activating group) is 1. The maximum Gasteiger partial charge on any atom is 0.276 e. The molecule has 0 aromatic carbocycles. The first-order chi connectivity index (χ1) is 14.3. The van der Waals surface area contributed by atoms with Crippen LogP contribution in [0.1, 0.15) is 96.8 Å². The van der Waals surface area contributed by atoms with Crippen LogP contribution in [0, 0.1) is 0 Å². The summed E-state index contributed by atoms with van der Waals surface area (Å²) in [6.45, 7) is 3.05. The van der Waals surface area contributed by atoms with Crippen LogP contribution in [0.3, 0.4) is 0 Å². The van der Waals surface area contributed by atoms with Gasteiger partial charge in [0.2, 0.25) is 0 Å². The van der Waals surface area contributed by atoms with Crippen LogP contribution in [0.15, 0.2) is 0 Å². The summed E-state index contributed by atoms with van der Waals surface area (Å²) in [5.41, 5.74) is 0.569. The van der Waals surface area contributed by atoms with E-state index in [4.69, 9.17) is 9.84 Å². The predicted molar refractivity (Wildman–Crippen MR) is 129 cm³/mol. The van der Waals surface area contributed by atoms with Gasteiger partial charge in [0.1, 0.15) is 12.3 Å². The minimum Gasteiger partial charge on any atom is -0.628 e. The van der Waals surface area contributed by atoms with E-state index >= 15 is 0 Å². The molecule has 0 saturated heterocycles. The van der Waals surface area contributed by atoms with Crippen molar-refractivity contribution in [2.75, 3.05) is 47.1 Å². The maximum absolute atomic E-state index is 12.5. The van der Waals surface area contributed by atoms with E-state index in [1.54, 1.807) is 0 Å². The van der Waals surface area contributed by atoms with Gasteiger partial charge >= 0.3 is 0 Å². The molecule has 0 bridgehead atoms. The molecule has 0 spiro atoms. The smallest absolute Gasteiger partial charge is 0.276 e. The van der Waals surface area contributed by atoms with E-state index in [0.717, 1.165) is 12.8 Å². The molecule has 0 saturated carbocycles. The molecule has 30 heavy (non-hydrogen) atoms. The zero-order valence-corrected chi connectivity index (χ0v) is 21.3. The highest BCUT2D eigenvalue weighted by Crippen LogP contribution is 2.19. The van der Waals surface area contributed by atoms with E-state index in [1.807, 2.05) is 21.1 Å². The molecule has 0 rings (SSSR count). The SMILES string of the molecule is CCCCCCCCCCCCCCCCO/C(C[N+](C)(C)C)=[P+](\[O-])CC(O)CO. The van der Waals surface area contributed by atoms with Gasteiger partial charge in [0.15, 0.2) is 6.54 Å². The van der Waals surface area contributed by atoms with E-state index in [2.05, 4.69) is 6.92 Å². The van der Waals surface area contributed by atoms with Crippen molar-refractivity contribution in [1.29, 1.82) is 0 Å². The van der Waals surface area contributed by atoms with Gasteiger partial charge in [0, 0.05) is 0 Å². The molecule has 0 aromatic rings. The Kier molecular flexibility index (Phi) is 19.6. The summed E-state index contributed by atoms with van der Waals surface area (Å²) >= 11 is 0. The molecule has 0 fully saturated rings. The molecule has 0 amide bonds. The summed E-state index contributed by atoms with van der Waals surface area (Å²) in [4.78, 5) is 12.5. The molecule has 2 N–H and O–H groups in total. The zero-order valence-electron chi connectivity index (χ0n) is 20.4. The van der Waals surface area contributed by atoms with E-state index in [0.29, 0.717) is 23.1 Å².